The average molecular weight is 394 g/mol. The second-order valence-corrected chi connectivity index (χ2v) is 6.33. The van der Waals surface area contributed by atoms with Gasteiger partial charge in [-0.2, -0.15) is 13.2 Å². The standard InChI is InChI=1S/C21H21F3O4/c1-14(20(26)27)18(11-12-28-13-15-5-3-2-4-6-15)19(25)16-7-9-17(10-8-16)21(22,23)24/h2-10,18-19,25H,1,11-13H2,(H,26,27)/t18-,19-/m1/s1. The van der Waals surface area contributed by atoms with Crippen LogP contribution < -0.4 is 0 Å². The molecule has 0 heterocycles. The van der Waals surface area contributed by atoms with Crippen LogP contribution in [0.2, 0.25) is 0 Å². The highest BCUT2D eigenvalue weighted by atomic mass is 19.4. The van der Waals surface area contributed by atoms with Crippen molar-refractivity contribution in [2.24, 2.45) is 5.92 Å². The Labute approximate surface area is 160 Å². The summed E-state index contributed by atoms with van der Waals surface area (Å²) in [5.41, 5.74) is 0.0572. The van der Waals surface area contributed by atoms with Crippen molar-refractivity contribution in [2.75, 3.05) is 6.61 Å². The molecule has 28 heavy (non-hydrogen) atoms. The maximum atomic E-state index is 12.7. The summed E-state index contributed by atoms with van der Waals surface area (Å²) in [7, 11) is 0. The molecule has 2 N–H and O–H groups in total. The quantitative estimate of drug-likeness (QED) is 0.482. The number of hydrogen-bond donors (Lipinski definition) is 2. The zero-order valence-corrected chi connectivity index (χ0v) is 15.0. The molecule has 4 nitrogen and oxygen atoms in total. The van der Waals surface area contributed by atoms with Crippen LogP contribution in [0.4, 0.5) is 13.2 Å². The molecule has 2 aromatic rings. The summed E-state index contributed by atoms with van der Waals surface area (Å²) in [6, 6.07) is 13.3. The predicted molar refractivity (Wildman–Crippen MR) is 97.4 cm³/mol. The van der Waals surface area contributed by atoms with Crippen molar-refractivity contribution in [1.82, 2.24) is 0 Å². The summed E-state index contributed by atoms with van der Waals surface area (Å²) >= 11 is 0. The van der Waals surface area contributed by atoms with Gasteiger partial charge in [-0.3, -0.25) is 0 Å². The molecule has 0 aliphatic carbocycles. The van der Waals surface area contributed by atoms with Gasteiger partial charge in [-0.25, -0.2) is 4.79 Å². The van der Waals surface area contributed by atoms with E-state index in [1.54, 1.807) is 0 Å². The summed E-state index contributed by atoms with van der Waals surface area (Å²) < 4.78 is 43.6. The van der Waals surface area contributed by atoms with Gasteiger partial charge in [-0.15, -0.1) is 0 Å². The van der Waals surface area contributed by atoms with Crippen LogP contribution in [0.25, 0.3) is 0 Å². The largest absolute Gasteiger partial charge is 0.478 e. The summed E-state index contributed by atoms with van der Waals surface area (Å²) in [5.74, 6) is -2.18. The average Bonchev–Trinajstić information content (AvgIpc) is 2.67. The summed E-state index contributed by atoms with van der Waals surface area (Å²) in [6.45, 7) is 3.98. The number of halogens is 3. The first-order valence-electron chi connectivity index (χ1n) is 8.59. The number of rotatable bonds is 9. The van der Waals surface area contributed by atoms with Crippen molar-refractivity contribution < 1.29 is 32.9 Å². The fourth-order valence-electron chi connectivity index (χ4n) is 2.76. The van der Waals surface area contributed by atoms with Crippen LogP contribution in [0.3, 0.4) is 0 Å². The van der Waals surface area contributed by atoms with Crippen molar-refractivity contribution in [3.8, 4) is 0 Å². The van der Waals surface area contributed by atoms with Crippen LogP contribution in [0.1, 0.15) is 29.2 Å². The second-order valence-electron chi connectivity index (χ2n) is 6.33. The molecule has 0 amide bonds. The van der Waals surface area contributed by atoms with E-state index in [4.69, 9.17) is 4.74 Å². The summed E-state index contributed by atoms with van der Waals surface area (Å²) in [4.78, 5) is 11.3. The number of benzene rings is 2. The molecule has 0 bridgehead atoms. The second kappa shape index (κ2) is 9.52. The van der Waals surface area contributed by atoms with Gasteiger partial charge in [0.1, 0.15) is 0 Å². The maximum absolute atomic E-state index is 12.7. The van der Waals surface area contributed by atoms with Crippen LogP contribution in [-0.4, -0.2) is 22.8 Å². The SMILES string of the molecule is C=C(C(=O)O)[C@@H](CCOCc1ccccc1)[C@H](O)c1ccc(C(F)(F)F)cc1. The lowest BCUT2D eigenvalue weighted by Gasteiger charge is -2.24. The third kappa shape index (κ3) is 5.94. The van der Waals surface area contributed by atoms with Gasteiger partial charge in [0.15, 0.2) is 0 Å². The molecule has 7 heteroatoms. The van der Waals surface area contributed by atoms with E-state index in [0.29, 0.717) is 6.61 Å². The van der Waals surface area contributed by atoms with E-state index in [0.717, 1.165) is 29.8 Å². The van der Waals surface area contributed by atoms with Gasteiger partial charge in [-0.1, -0.05) is 49.0 Å². The van der Waals surface area contributed by atoms with E-state index in [2.05, 4.69) is 6.58 Å². The Morgan fingerprint density at radius 3 is 2.21 bits per heavy atom. The molecule has 0 saturated heterocycles. The van der Waals surface area contributed by atoms with E-state index in [9.17, 15) is 28.2 Å². The van der Waals surface area contributed by atoms with Gasteiger partial charge in [0.05, 0.1) is 18.3 Å². The lowest BCUT2D eigenvalue weighted by Crippen LogP contribution is -2.21. The minimum Gasteiger partial charge on any atom is -0.478 e. The molecule has 2 rings (SSSR count). The number of carbonyl (C=O) groups is 1. The Bertz CT molecular complexity index is 786. The summed E-state index contributed by atoms with van der Waals surface area (Å²) in [5, 5.41) is 19.8. The van der Waals surface area contributed by atoms with Gasteiger partial charge in [-0.05, 0) is 29.7 Å². The third-order valence-corrected chi connectivity index (χ3v) is 4.37. The summed E-state index contributed by atoms with van der Waals surface area (Å²) in [6.07, 6.45) is -5.65. The van der Waals surface area contributed by atoms with Gasteiger partial charge >= 0.3 is 12.1 Å². The molecule has 0 aromatic heterocycles. The smallest absolute Gasteiger partial charge is 0.416 e. The van der Waals surface area contributed by atoms with Crippen LogP contribution in [0.5, 0.6) is 0 Å². The normalized spacial score (nSPS) is 13.7. The van der Waals surface area contributed by atoms with Crippen molar-refractivity contribution in [3.05, 3.63) is 83.4 Å². The molecule has 150 valence electrons. The number of hydrogen-bond acceptors (Lipinski definition) is 3. The van der Waals surface area contributed by atoms with Crippen molar-refractivity contribution in [3.63, 3.8) is 0 Å². The third-order valence-electron chi connectivity index (χ3n) is 4.37. The molecule has 2 atom stereocenters. The molecule has 0 radical (unpaired) electrons. The number of aliphatic carboxylic acids is 1. The minimum atomic E-state index is -4.49. The number of alkyl halides is 3. The van der Waals surface area contributed by atoms with E-state index < -0.39 is 29.7 Å². The van der Waals surface area contributed by atoms with Crippen LogP contribution >= 0.6 is 0 Å². The molecule has 0 aliphatic heterocycles. The van der Waals surface area contributed by atoms with Crippen LogP contribution in [0.15, 0.2) is 66.7 Å². The fraction of sp³-hybridized carbons (Fsp3) is 0.286. The Morgan fingerprint density at radius 1 is 1.07 bits per heavy atom. The van der Waals surface area contributed by atoms with Crippen LogP contribution in [0, 0.1) is 5.92 Å². The number of aliphatic hydroxyl groups excluding tert-OH is 1. The molecular weight excluding hydrogens is 373 g/mol. The zero-order chi connectivity index (χ0) is 20.7. The number of carboxylic acid groups (broad SMARTS) is 1. The van der Waals surface area contributed by atoms with E-state index >= 15 is 0 Å². The Kier molecular flexibility index (Phi) is 7.37. The highest BCUT2D eigenvalue weighted by molar-refractivity contribution is 5.86. The van der Waals surface area contributed by atoms with Gasteiger partial charge < -0.3 is 14.9 Å². The molecule has 0 saturated carbocycles. The van der Waals surface area contributed by atoms with Gasteiger partial charge in [0.25, 0.3) is 0 Å². The first-order chi connectivity index (χ1) is 13.2. The number of aliphatic hydroxyl groups is 1. The molecule has 2 aromatic carbocycles. The lowest BCUT2D eigenvalue weighted by atomic mass is 9.87. The fourth-order valence-corrected chi connectivity index (χ4v) is 2.76. The zero-order valence-electron chi connectivity index (χ0n) is 15.0. The molecule has 0 aliphatic rings. The highest BCUT2D eigenvalue weighted by Gasteiger charge is 2.31. The Balaban J connectivity index is 2.05. The predicted octanol–water partition coefficient (Wildman–Crippen LogP) is 4.60. The van der Waals surface area contributed by atoms with Crippen molar-refractivity contribution in [2.45, 2.75) is 25.3 Å². The Morgan fingerprint density at radius 2 is 1.68 bits per heavy atom. The van der Waals surface area contributed by atoms with Gasteiger partial charge in [0, 0.05) is 18.1 Å². The van der Waals surface area contributed by atoms with Crippen molar-refractivity contribution in [1.29, 1.82) is 0 Å². The number of ether oxygens (including phenoxy) is 1. The van der Waals surface area contributed by atoms with Gasteiger partial charge in [0.2, 0.25) is 0 Å². The van der Waals surface area contributed by atoms with Crippen LogP contribution in [-0.2, 0) is 22.3 Å². The molecular formula is C21H21F3O4. The van der Waals surface area contributed by atoms with E-state index in [-0.39, 0.29) is 24.2 Å². The molecule has 0 fully saturated rings. The number of carboxylic acids is 1. The lowest BCUT2D eigenvalue weighted by molar-refractivity contribution is -0.137. The molecule has 0 unspecified atom stereocenters. The maximum Gasteiger partial charge on any atom is 0.416 e. The monoisotopic (exact) mass is 394 g/mol. The van der Waals surface area contributed by atoms with Crippen molar-refractivity contribution >= 4 is 5.97 Å². The first-order valence-corrected chi connectivity index (χ1v) is 8.59. The van der Waals surface area contributed by atoms with E-state index in [1.165, 1.54) is 0 Å². The first kappa shape index (κ1) is 21.7. The topological polar surface area (TPSA) is 66.8 Å². The molecule has 0 spiro atoms. The minimum absolute atomic E-state index is 0.153. The highest BCUT2D eigenvalue weighted by Crippen LogP contribution is 2.33. The van der Waals surface area contributed by atoms with E-state index in [1.807, 2.05) is 30.3 Å². The Hall–Kier alpha value is -2.64.